The van der Waals surface area contributed by atoms with E-state index in [2.05, 4.69) is 52.9 Å². The van der Waals surface area contributed by atoms with Gasteiger partial charge in [-0.15, -0.1) is 34.2 Å². The minimum absolute atomic E-state index is 0. The van der Waals surface area contributed by atoms with Crippen LogP contribution in [0.1, 0.15) is 34.8 Å². The average molecular weight is 486 g/mol. The summed E-state index contributed by atoms with van der Waals surface area (Å²) in [5.74, 6) is 2.53. The first-order valence-electron chi connectivity index (χ1n) is 8.93. The Morgan fingerprint density at radius 3 is 2.59 bits per heavy atom. The molecule has 7 nitrogen and oxygen atoms in total. The van der Waals surface area contributed by atoms with Gasteiger partial charge in [-0.1, -0.05) is 23.8 Å². The highest BCUT2D eigenvalue weighted by molar-refractivity contribution is 14.0. The van der Waals surface area contributed by atoms with Crippen LogP contribution in [-0.4, -0.2) is 41.0 Å². The SMILES string of the molecule is COCCCNC(=NCc1ccc(C)cc1C)NCc1nnc(C)n1C.I. The third-order valence-electron chi connectivity index (χ3n) is 4.32. The Kier molecular flexibility index (Phi) is 10.3. The number of aryl methyl sites for hydroxylation is 3. The zero-order valence-electron chi connectivity index (χ0n) is 16.9. The van der Waals surface area contributed by atoms with Crippen molar-refractivity contribution in [2.24, 2.45) is 12.0 Å². The largest absolute Gasteiger partial charge is 0.385 e. The second-order valence-electron chi connectivity index (χ2n) is 6.44. The van der Waals surface area contributed by atoms with Crippen LogP contribution >= 0.6 is 24.0 Å². The van der Waals surface area contributed by atoms with Crippen LogP contribution in [0.2, 0.25) is 0 Å². The molecule has 1 aromatic carbocycles. The van der Waals surface area contributed by atoms with Crippen molar-refractivity contribution in [3.05, 3.63) is 46.5 Å². The molecule has 1 heterocycles. The molecule has 0 atom stereocenters. The summed E-state index contributed by atoms with van der Waals surface area (Å²) in [7, 11) is 3.68. The van der Waals surface area contributed by atoms with Crippen molar-refractivity contribution in [2.45, 2.75) is 40.3 Å². The monoisotopic (exact) mass is 486 g/mol. The lowest BCUT2D eigenvalue weighted by Crippen LogP contribution is -2.38. The van der Waals surface area contributed by atoms with Gasteiger partial charge in [0.15, 0.2) is 11.8 Å². The topological polar surface area (TPSA) is 76.4 Å². The van der Waals surface area contributed by atoms with Gasteiger partial charge in [0.1, 0.15) is 5.82 Å². The Morgan fingerprint density at radius 2 is 1.96 bits per heavy atom. The second-order valence-corrected chi connectivity index (χ2v) is 6.44. The predicted octanol–water partition coefficient (Wildman–Crippen LogP) is 2.63. The fourth-order valence-corrected chi connectivity index (χ4v) is 2.55. The zero-order valence-corrected chi connectivity index (χ0v) is 19.2. The van der Waals surface area contributed by atoms with Gasteiger partial charge < -0.3 is 19.9 Å². The van der Waals surface area contributed by atoms with Gasteiger partial charge in [0, 0.05) is 27.3 Å². The highest BCUT2D eigenvalue weighted by Crippen LogP contribution is 2.11. The Morgan fingerprint density at radius 1 is 1.19 bits per heavy atom. The number of methoxy groups -OCH3 is 1. The minimum Gasteiger partial charge on any atom is -0.385 e. The smallest absolute Gasteiger partial charge is 0.191 e. The summed E-state index contributed by atoms with van der Waals surface area (Å²) in [5.41, 5.74) is 3.75. The molecule has 2 rings (SSSR count). The predicted molar refractivity (Wildman–Crippen MR) is 120 cm³/mol. The molecule has 0 aliphatic heterocycles. The van der Waals surface area contributed by atoms with Crippen molar-refractivity contribution < 1.29 is 4.74 Å². The third kappa shape index (κ3) is 7.45. The summed E-state index contributed by atoms with van der Waals surface area (Å²) in [4.78, 5) is 4.73. The molecule has 0 amide bonds. The van der Waals surface area contributed by atoms with Crippen LogP contribution in [0.4, 0.5) is 0 Å². The number of hydrogen-bond acceptors (Lipinski definition) is 4. The Bertz CT molecular complexity index is 744. The molecule has 0 bridgehead atoms. The van der Waals surface area contributed by atoms with Crippen molar-refractivity contribution in [2.75, 3.05) is 20.3 Å². The number of nitrogens with one attached hydrogen (secondary N) is 2. The number of rotatable bonds is 8. The van der Waals surface area contributed by atoms with Crippen molar-refractivity contribution in [3.8, 4) is 0 Å². The third-order valence-corrected chi connectivity index (χ3v) is 4.32. The number of hydrogen-bond donors (Lipinski definition) is 2. The molecule has 0 saturated heterocycles. The first kappa shape index (κ1) is 23.4. The lowest BCUT2D eigenvalue weighted by atomic mass is 10.1. The normalized spacial score (nSPS) is 11.2. The summed E-state index contributed by atoms with van der Waals surface area (Å²) >= 11 is 0. The van der Waals surface area contributed by atoms with E-state index in [-0.39, 0.29) is 24.0 Å². The van der Waals surface area contributed by atoms with Gasteiger partial charge in [0.2, 0.25) is 0 Å². The summed E-state index contributed by atoms with van der Waals surface area (Å²) in [6.45, 7) is 8.88. The molecule has 0 fully saturated rings. The Hall–Kier alpha value is -1.68. The highest BCUT2D eigenvalue weighted by atomic mass is 127. The molecular formula is C19H31IN6O. The number of guanidine groups is 1. The van der Waals surface area contributed by atoms with Gasteiger partial charge in [-0.3, -0.25) is 0 Å². The van der Waals surface area contributed by atoms with Crippen molar-refractivity contribution >= 4 is 29.9 Å². The summed E-state index contributed by atoms with van der Waals surface area (Å²) < 4.78 is 7.08. The first-order chi connectivity index (χ1) is 12.5. The maximum atomic E-state index is 5.11. The number of ether oxygens (including phenoxy) is 1. The van der Waals surface area contributed by atoms with Crippen LogP contribution in [0.15, 0.2) is 23.2 Å². The van der Waals surface area contributed by atoms with Crippen LogP contribution in [0.5, 0.6) is 0 Å². The summed E-state index contributed by atoms with van der Waals surface area (Å²) in [6, 6.07) is 6.45. The Labute approximate surface area is 179 Å². The van der Waals surface area contributed by atoms with Gasteiger partial charge in [-0.2, -0.15) is 0 Å². The number of aliphatic imine (C=N–C) groups is 1. The van der Waals surface area contributed by atoms with Crippen LogP contribution < -0.4 is 10.6 Å². The molecule has 0 spiro atoms. The van der Waals surface area contributed by atoms with Gasteiger partial charge in [-0.05, 0) is 38.3 Å². The molecule has 0 saturated carbocycles. The zero-order chi connectivity index (χ0) is 18.9. The first-order valence-corrected chi connectivity index (χ1v) is 8.93. The molecule has 150 valence electrons. The molecule has 1 aromatic heterocycles. The molecule has 0 radical (unpaired) electrons. The number of halogens is 1. The van der Waals surface area contributed by atoms with Crippen molar-refractivity contribution in [1.82, 2.24) is 25.4 Å². The summed E-state index contributed by atoms with van der Waals surface area (Å²) in [6.07, 6.45) is 0.920. The fourth-order valence-electron chi connectivity index (χ4n) is 2.55. The van der Waals surface area contributed by atoms with E-state index >= 15 is 0 Å². The maximum absolute atomic E-state index is 5.11. The van der Waals surface area contributed by atoms with E-state index in [9.17, 15) is 0 Å². The van der Waals surface area contributed by atoms with Gasteiger partial charge in [0.05, 0.1) is 13.1 Å². The van der Waals surface area contributed by atoms with E-state index in [4.69, 9.17) is 9.73 Å². The average Bonchev–Trinajstić information content (AvgIpc) is 2.93. The van der Waals surface area contributed by atoms with E-state index < -0.39 is 0 Å². The molecule has 0 aliphatic carbocycles. The van der Waals surface area contributed by atoms with E-state index in [0.29, 0.717) is 13.1 Å². The number of benzene rings is 1. The molecule has 8 heteroatoms. The molecule has 2 aromatic rings. The number of nitrogens with zero attached hydrogens (tertiary/aromatic N) is 4. The van der Waals surface area contributed by atoms with Gasteiger partial charge in [-0.25, -0.2) is 4.99 Å². The van der Waals surface area contributed by atoms with Crippen LogP contribution in [0.3, 0.4) is 0 Å². The van der Waals surface area contributed by atoms with Gasteiger partial charge in [0.25, 0.3) is 0 Å². The standard InChI is InChI=1S/C19H30N6O.HI/c1-14-7-8-17(15(2)11-14)12-21-19(20-9-6-10-26-5)22-13-18-24-23-16(3)25(18)4;/h7-8,11H,6,9-10,12-13H2,1-5H3,(H2,20,21,22);1H. The van der Waals surface area contributed by atoms with Crippen molar-refractivity contribution in [1.29, 1.82) is 0 Å². The van der Waals surface area contributed by atoms with Crippen LogP contribution in [0, 0.1) is 20.8 Å². The number of aromatic nitrogens is 3. The molecule has 2 N–H and O–H groups in total. The maximum Gasteiger partial charge on any atom is 0.191 e. The minimum atomic E-state index is 0. The second kappa shape index (κ2) is 11.9. The van der Waals surface area contributed by atoms with E-state index in [1.165, 1.54) is 16.7 Å². The molecular weight excluding hydrogens is 455 g/mol. The fraction of sp³-hybridized carbons (Fsp3) is 0.526. The van der Waals surface area contributed by atoms with E-state index in [0.717, 1.165) is 37.2 Å². The molecule has 0 unspecified atom stereocenters. The lowest BCUT2D eigenvalue weighted by Gasteiger charge is -2.13. The Balaban J connectivity index is 0.00000364. The molecule has 27 heavy (non-hydrogen) atoms. The lowest BCUT2D eigenvalue weighted by molar-refractivity contribution is 0.195. The molecule has 0 aliphatic rings. The quantitative estimate of drug-likeness (QED) is 0.260. The van der Waals surface area contributed by atoms with E-state index in [1.807, 2.05) is 18.5 Å². The summed E-state index contributed by atoms with van der Waals surface area (Å²) in [5, 5.41) is 15.0. The van der Waals surface area contributed by atoms with Crippen molar-refractivity contribution in [3.63, 3.8) is 0 Å². The van der Waals surface area contributed by atoms with Gasteiger partial charge >= 0.3 is 0 Å². The highest BCUT2D eigenvalue weighted by Gasteiger charge is 2.06. The van der Waals surface area contributed by atoms with Crippen LogP contribution in [0.25, 0.3) is 0 Å². The van der Waals surface area contributed by atoms with E-state index in [1.54, 1.807) is 7.11 Å². The van der Waals surface area contributed by atoms with Crippen LogP contribution in [-0.2, 0) is 24.9 Å².